The number of alkyl halides is 6. The summed E-state index contributed by atoms with van der Waals surface area (Å²) in [5.74, 6) is -0.808. The van der Waals surface area contributed by atoms with E-state index in [0.29, 0.717) is 24.0 Å². The molecule has 1 fully saturated rings. The molecule has 0 bridgehead atoms. The smallest absolute Gasteiger partial charge is 0.382 e. The van der Waals surface area contributed by atoms with Gasteiger partial charge in [0, 0.05) is 6.42 Å². The van der Waals surface area contributed by atoms with Crippen molar-refractivity contribution in [3.63, 3.8) is 0 Å². The quantitative estimate of drug-likeness (QED) is 0.266. The molecule has 1 aliphatic rings. The minimum atomic E-state index is -4.80. The fourth-order valence-corrected chi connectivity index (χ4v) is 3.77. The highest BCUT2D eigenvalue weighted by Gasteiger charge is 2.46. The predicted octanol–water partition coefficient (Wildman–Crippen LogP) is 4.92. The van der Waals surface area contributed by atoms with Crippen molar-refractivity contribution in [1.29, 1.82) is 0 Å². The highest BCUT2D eigenvalue weighted by atomic mass is 19.4. The predicted molar refractivity (Wildman–Crippen MR) is 123 cm³/mol. The molecule has 0 aliphatic heterocycles. The Morgan fingerprint density at radius 2 is 1.44 bits per heavy atom. The van der Waals surface area contributed by atoms with Crippen LogP contribution in [0.3, 0.4) is 0 Å². The number of halogens is 6. The van der Waals surface area contributed by atoms with Crippen LogP contribution in [-0.2, 0) is 4.79 Å². The molecule has 3 atom stereocenters. The van der Waals surface area contributed by atoms with Crippen LogP contribution in [0.25, 0.3) is 11.1 Å². The summed E-state index contributed by atoms with van der Waals surface area (Å²) >= 11 is 0. The highest BCUT2D eigenvalue weighted by molar-refractivity contribution is 5.83. The summed E-state index contributed by atoms with van der Waals surface area (Å²) in [7, 11) is 0. The van der Waals surface area contributed by atoms with Crippen molar-refractivity contribution in [2.75, 3.05) is 0 Å². The van der Waals surface area contributed by atoms with Gasteiger partial charge in [-0.1, -0.05) is 48.5 Å². The van der Waals surface area contributed by atoms with Crippen LogP contribution in [0.1, 0.15) is 56.4 Å². The lowest BCUT2D eigenvalue weighted by atomic mass is 9.96. The molecular weight excluding hydrogens is 488 g/mol. The van der Waals surface area contributed by atoms with Crippen molar-refractivity contribution in [2.24, 2.45) is 5.73 Å². The third-order valence-electron chi connectivity index (χ3n) is 5.93. The van der Waals surface area contributed by atoms with E-state index in [1.165, 1.54) is 62.4 Å². The summed E-state index contributed by atoms with van der Waals surface area (Å²) in [6.45, 7) is 2.35. The molecule has 2 aromatic rings. The van der Waals surface area contributed by atoms with Crippen molar-refractivity contribution in [3.05, 3.63) is 59.7 Å². The summed E-state index contributed by atoms with van der Waals surface area (Å²) in [5, 5.41) is 14.2. The van der Waals surface area contributed by atoms with Crippen molar-refractivity contribution < 1.29 is 36.2 Å². The number of aliphatic hydroxyl groups is 1. The van der Waals surface area contributed by atoms with E-state index >= 15 is 0 Å². The lowest BCUT2D eigenvalue weighted by Crippen LogP contribution is -2.55. The molecular formula is C25H29F6N3O2. The lowest BCUT2D eigenvalue weighted by molar-refractivity contribution is -0.161. The van der Waals surface area contributed by atoms with Crippen LogP contribution >= 0.6 is 0 Å². The van der Waals surface area contributed by atoms with Gasteiger partial charge in [0.1, 0.15) is 17.8 Å². The van der Waals surface area contributed by atoms with Crippen molar-refractivity contribution in [2.45, 2.75) is 75.2 Å². The van der Waals surface area contributed by atoms with Gasteiger partial charge in [-0.15, -0.1) is 0 Å². The van der Waals surface area contributed by atoms with E-state index < -0.39 is 54.4 Å². The number of benzene rings is 2. The number of carbonyl (C=O) groups excluding carboxylic acids is 1. The fourth-order valence-electron chi connectivity index (χ4n) is 3.77. The Bertz CT molecular complexity index is 1030. The minimum Gasteiger partial charge on any atom is -0.382 e. The maximum absolute atomic E-state index is 14.4. The second-order valence-electron chi connectivity index (χ2n) is 9.79. The number of carbonyl (C=O) groups is 1. The van der Waals surface area contributed by atoms with Gasteiger partial charge in [-0.05, 0) is 48.9 Å². The molecule has 0 unspecified atom stereocenters. The SMILES string of the molecule is CC(C)(F)C[C@H](N[C@@H](c1ccc(-c2ccc([C@H](O)C(F)F)cc2)cc1)C(F)(F)F)C(=O)NC1(N)CC1. The summed E-state index contributed by atoms with van der Waals surface area (Å²) < 4.78 is 81.8. The first kappa shape index (κ1) is 27.9. The second kappa shape index (κ2) is 10.4. The molecule has 1 saturated carbocycles. The second-order valence-corrected chi connectivity index (χ2v) is 9.79. The molecule has 0 heterocycles. The van der Waals surface area contributed by atoms with Gasteiger partial charge in [-0.25, -0.2) is 13.2 Å². The summed E-state index contributed by atoms with van der Waals surface area (Å²) in [6.07, 6.45) is -9.22. The van der Waals surface area contributed by atoms with Crippen LogP contribution in [0.5, 0.6) is 0 Å². The van der Waals surface area contributed by atoms with Crippen LogP contribution in [0.15, 0.2) is 48.5 Å². The molecule has 1 amide bonds. The molecule has 0 aromatic heterocycles. The number of nitrogens with two attached hydrogens (primary N) is 1. The zero-order chi connectivity index (χ0) is 26.9. The van der Waals surface area contributed by atoms with Crippen molar-refractivity contribution in [1.82, 2.24) is 10.6 Å². The number of aliphatic hydroxyl groups excluding tert-OH is 1. The van der Waals surface area contributed by atoms with Gasteiger partial charge in [-0.3, -0.25) is 10.1 Å². The number of hydrogen-bond acceptors (Lipinski definition) is 4. The van der Waals surface area contributed by atoms with Crippen molar-refractivity contribution >= 4 is 5.91 Å². The monoisotopic (exact) mass is 517 g/mol. The Morgan fingerprint density at radius 1 is 0.972 bits per heavy atom. The van der Waals surface area contributed by atoms with E-state index in [4.69, 9.17) is 5.73 Å². The molecule has 0 radical (unpaired) electrons. The van der Waals surface area contributed by atoms with Gasteiger partial charge < -0.3 is 16.2 Å². The van der Waals surface area contributed by atoms with Gasteiger partial charge >= 0.3 is 6.18 Å². The van der Waals surface area contributed by atoms with Gasteiger partial charge in [-0.2, -0.15) is 13.2 Å². The summed E-state index contributed by atoms with van der Waals surface area (Å²) in [4.78, 5) is 12.7. The molecule has 3 rings (SSSR count). The van der Waals surface area contributed by atoms with E-state index in [1.54, 1.807) is 0 Å². The lowest BCUT2D eigenvalue weighted by Gasteiger charge is -2.30. The first-order valence-corrected chi connectivity index (χ1v) is 11.4. The van der Waals surface area contributed by atoms with E-state index in [-0.39, 0.29) is 11.1 Å². The molecule has 36 heavy (non-hydrogen) atoms. The van der Waals surface area contributed by atoms with E-state index in [1.807, 2.05) is 0 Å². The number of nitrogens with one attached hydrogen (secondary N) is 2. The summed E-state index contributed by atoms with van der Waals surface area (Å²) in [5.41, 5.74) is 3.82. The topological polar surface area (TPSA) is 87.4 Å². The zero-order valence-corrected chi connectivity index (χ0v) is 19.8. The molecule has 11 heteroatoms. The minimum absolute atomic E-state index is 0.0114. The molecule has 1 aliphatic carbocycles. The fraction of sp³-hybridized carbons (Fsp3) is 0.480. The maximum atomic E-state index is 14.4. The van der Waals surface area contributed by atoms with E-state index in [2.05, 4.69) is 10.6 Å². The third kappa shape index (κ3) is 7.44. The molecule has 0 saturated heterocycles. The number of hydrogen-bond donors (Lipinski definition) is 4. The van der Waals surface area contributed by atoms with E-state index in [0.717, 1.165) is 0 Å². The normalized spacial score (nSPS) is 18.0. The third-order valence-corrected chi connectivity index (χ3v) is 5.93. The first-order chi connectivity index (χ1) is 16.6. The van der Waals surface area contributed by atoms with Crippen LogP contribution in [0.4, 0.5) is 26.3 Å². The van der Waals surface area contributed by atoms with Gasteiger partial charge in [0.25, 0.3) is 6.43 Å². The number of amides is 1. The molecule has 0 spiro atoms. The Hall–Kier alpha value is -2.63. The van der Waals surface area contributed by atoms with Crippen LogP contribution in [0, 0.1) is 0 Å². The Kier molecular flexibility index (Phi) is 8.07. The maximum Gasteiger partial charge on any atom is 0.407 e. The van der Waals surface area contributed by atoms with Crippen LogP contribution < -0.4 is 16.4 Å². The van der Waals surface area contributed by atoms with Crippen LogP contribution in [-0.4, -0.2) is 41.0 Å². The standard InChI is InChI=1S/C25H29F6N3O2/c1-23(2,28)13-18(22(36)34-24(32)11-12-24)33-20(25(29,30)31)17-9-5-15(6-10-17)14-3-7-16(8-4-14)19(35)21(26)27/h3-10,18-21,33,35H,11-13,32H2,1-2H3,(H,34,36)/t18-,19-,20-/m0/s1. The molecule has 198 valence electrons. The van der Waals surface area contributed by atoms with Gasteiger partial charge in [0.05, 0.1) is 11.7 Å². The first-order valence-electron chi connectivity index (χ1n) is 11.4. The van der Waals surface area contributed by atoms with Crippen LogP contribution in [0.2, 0.25) is 0 Å². The molecule has 5 N–H and O–H groups in total. The average Bonchev–Trinajstić information content (AvgIpc) is 3.51. The number of rotatable bonds is 10. The molecule has 2 aromatic carbocycles. The Morgan fingerprint density at radius 3 is 1.83 bits per heavy atom. The zero-order valence-electron chi connectivity index (χ0n) is 19.8. The highest BCUT2D eigenvalue weighted by Crippen LogP contribution is 2.36. The van der Waals surface area contributed by atoms with E-state index in [9.17, 15) is 36.2 Å². The van der Waals surface area contributed by atoms with Gasteiger partial charge in [0.15, 0.2) is 0 Å². The van der Waals surface area contributed by atoms with Crippen molar-refractivity contribution in [3.8, 4) is 11.1 Å². The van der Waals surface area contributed by atoms with Gasteiger partial charge in [0.2, 0.25) is 5.91 Å². The Labute approximate surface area is 205 Å². The average molecular weight is 518 g/mol. The summed E-state index contributed by atoms with van der Waals surface area (Å²) in [6, 6.07) is 7.10. The largest absolute Gasteiger partial charge is 0.407 e. The Balaban J connectivity index is 1.82. The molecule has 5 nitrogen and oxygen atoms in total.